The third kappa shape index (κ3) is 4.59. The topological polar surface area (TPSA) is 79.0 Å². The maximum absolute atomic E-state index is 13.1. The quantitative estimate of drug-likeness (QED) is 0.665. The number of nitrogens with one attached hydrogen (secondary N) is 1. The Morgan fingerprint density at radius 3 is 2.78 bits per heavy atom. The molecule has 0 saturated carbocycles. The van der Waals surface area contributed by atoms with Crippen LogP contribution < -0.4 is 15.0 Å². The molecule has 0 bridgehead atoms. The zero-order valence-corrected chi connectivity index (χ0v) is 19.5. The second-order valence-corrected chi connectivity index (χ2v) is 9.83. The average molecular weight is 453 g/mol. The lowest BCUT2D eigenvalue weighted by atomic mass is 10.1. The number of hydrogen-bond donors (Lipinski definition) is 1. The first-order chi connectivity index (χ1) is 15.4. The average Bonchev–Trinajstić information content (AvgIpc) is 3.48. The minimum absolute atomic E-state index is 0.0118. The molecule has 9 heteroatoms. The fourth-order valence-electron chi connectivity index (χ4n) is 4.55. The number of aryl methyl sites for hydroxylation is 1. The summed E-state index contributed by atoms with van der Waals surface area (Å²) in [6.07, 6.45) is 2.21. The Kier molecular flexibility index (Phi) is 6.67. The van der Waals surface area contributed by atoms with Gasteiger partial charge in [0.2, 0.25) is 5.91 Å². The fourth-order valence-corrected chi connectivity index (χ4v) is 5.32. The van der Waals surface area contributed by atoms with Crippen molar-refractivity contribution in [2.75, 3.05) is 31.7 Å². The van der Waals surface area contributed by atoms with E-state index < -0.39 is 0 Å². The summed E-state index contributed by atoms with van der Waals surface area (Å²) >= 11 is 1.44. The molecule has 3 heterocycles. The van der Waals surface area contributed by atoms with Crippen LogP contribution >= 0.6 is 11.3 Å². The van der Waals surface area contributed by atoms with Crippen molar-refractivity contribution >= 4 is 47.4 Å². The van der Waals surface area contributed by atoms with Gasteiger partial charge in [0, 0.05) is 37.9 Å². The highest BCUT2D eigenvalue weighted by Gasteiger charge is 2.33. The third-order valence-electron chi connectivity index (χ3n) is 6.17. The van der Waals surface area contributed by atoms with E-state index in [0.29, 0.717) is 23.6 Å². The SMILES string of the molecule is Bc1ccc(C(=O)NC2CC(=O)N(c3ccc(C(=O)N4CCC[C@@H]4COC)c(C)c3)C2)s1. The summed E-state index contributed by atoms with van der Waals surface area (Å²) in [5, 5.41) is 2.97. The summed E-state index contributed by atoms with van der Waals surface area (Å²) in [7, 11) is 3.62. The lowest BCUT2D eigenvalue weighted by Crippen LogP contribution is -2.38. The maximum Gasteiger partial charge on any atom is 0.261 e. The van der Waals surface area contributed by atoms with Gasteiger partial charge in [-0.15, -0.1) is 11.3 Å². The number of benzene rings is 1. The van der Waals surface area contributed by atoms with Gasteiger partial charge in [-0.2, -0.15) is 0 Å². The number of rotatable bonds is 6. The highest BCUT2D eigenvalue weighted by Crippen LogP contribution is 2.27. The number of carbonyl (C=O) groups excluding carboxylic acids is 3. The summed E-state index contributed by atoms with van der Waals surface area (Å²) in [4.78, 5) is 42.4. The van der Waals surface area contributed by atoms with Gasteiger partial charge in [0.25, 0.3) is 11.8 Å². The Labute approximate surface area is 193 Å². The van der Waals surface area contributed by atoms with Gasteiger partial charge in [0.1, 0.15) is 0 Å². The van der Waals surface area contributed by atoms with Crippen LogP contribution in [0.4, 0.5) is 5.69 Å². The van der Waals surface area contributed by atoms with Crippen LogP contribution in [0.2, 0.25) is 0 Å². The number of likely N-dealkylation sites (tertiary alicyclic amines) is 1. The van der Waals surface area contributed by atoms with Crippen molar-refractivity contribution in [1.82, 2.24) is 10.2 Å². The molecule has 3 amide bonds. The van der Waals surface area contributed by atoms with Crippen molar-refractivity contribution in [3.05, 3.63) is 46.3 Å². The highest BCUT2D eigenvalue weighted by molar-refractivity contribution is 7.21. The molecule has 2 atom stereocenters. The molecule has 7 nitrogen and oxygen atoms in total. The Morgan fingerprint density at radius 1 is 1.28 bits per heavy atom. The zero-order valence-electron chi connectivity index (χ0n) is 18.7. The van der Waals surface area contributed by atoms with Crippen molar-refractivity contribution in [2.45, 2.75) is 38.3 Å². The van der Waals surface area contributed by atoms with E-state index in [1.54, 1.807) is 18.1 Å². The van der Waals surface area contributed by atoms with Crippen molar-refractivity contribution < 1.29 is 19.1 Å². The predicted molar refractivity (Wildman–Crippen MR) is 128 cm³/mol. The van der Waals surface area contributed by atoms with Crippen LogP contribution in [0.3, 0.4) is 0 Å². The Morgan fingerprint density at radius 2 is 2.09 bits per heavy atom. The molecule has 2 aliphatic heterocycles. The number of ether oxygens (including phenoxy) is 1. The van der Waals surface area contributed by atoms with E-state index >= 15 is 0 Å². The number of carbonyl (C=O) groups is 3. The number of nitrogens with zero attached hydrogens (tertiary/aromatic N) is 2. The van der Waals surface area contributed by atoms with Gasteiger partial charge in [0.05, 0.1) is 23.6 Å². The van der Waals surface area contributed by atoms with Gasteiger partial charge in [-0.3, -0.25) is 14.4 Å². The lowest BCUT2D eigenvalue weighted by Gasteiger charge is -2.25. The van der Waals surface area contributed by atoms with Crippen molar-refractivity contribution in [1.29, 1.82) is 0 Å². The van der Waals surface area contributed by atoms with Crippen LogP contribution in [-0.2, 0) is 9.53 Å². The molecular formula is C23H28BN3O4S. The number of anilines is 1. The van der Waals surface area contributed by atoms with Crippen LogP contribution in [0, 0.1) is 6.92 Å². The zero-order chi connectivity index (χ0) is 22.8. The van der Waals surface area contributed by atoms with Gasteiger partial charge < -0.3 is 19.9 Å². The first-order valence-corrected chi connectivity index (χ1v) is 11.8. The maximum atomic E-state index is 13.1. The summed E-state index contributed by atoms with van der Waals surface area (Å²) < 4.78 is 6.35. The van der Waals surface area contributed by atoms with Crippen LogP contribution in [0.1, 0.15) is 44.9 Å². The third-order valence-corrected chi connectivity index (χ3v) is 7.17. The molecule has 32 heavy (non-hydrogen) atoms. The van der Waals surface area contributed by atoms with Crippen LogP contribution in [0.5, 0.6) is 0 Å². The van der Waals surface area contributed by atoms with E-state index in [1.165, 1.54) is 11.3 Å². The van der Waals surface area contributed by atoms with Crippen LogP contribution in [-0.4, -0.2) is 69.4 Å². The summed E-state index contributed by atoms with van der Waals surface area (Å²) in [6.45, 7) is 3.61. The number of amides is 3. The molecular weight excluding hydrogens is 425 g/mol. The van der Waals surface area contributed by atoms with E-state index in [9.17, 15) is 14.4 Å². The lowest BCUT2D eigenvalue weighted by molar-refractivity contribution is -0.117. The Balaban J connectivity index is 1.44. The highest BCUT2D eigenvalue weighted by atomic mass is 32.1. The molecule has 2 fully saturated rings. The normalized spacial score (nSPS) is 20.8. The summed E-state index contributed by atoms with van der Waals surface area (Å²) in [6, 6.07) is 9.12. The molecule has 2 saturated heterocycles. The van der Waals surface area contributed by atoms with Crippen molar-refractivity contribution in [3.63, 3.8) is 0 Å². The monoisotopic (exact) mass is 453 g/mol. The van der Waals surface area contributed by atoms with Crippen LogP contribution in [0.25, 0.3) is 0 Å². The molecule has 1 unspecified atom stereocenters. The van der Waals surface area contributed by atoms with Gasteiger partial charge in [-0.25, -0.2) is 0 Å². The van der Waals surface area contributed by atoms with E-state index in [0.717, 1.165) is 35.4 Å². The summed E-state index contributed by atoms with van der Waals surface area (Å²) in [5.41, 5.74) is 2.24. The molecule has 2 aliphatic rings. The van der Waals surface area contributed by atoms with Gasteiger partial charge in [-0.1, -0.05) is 6.07 Å². The fraction of sp³-hybridized carbons (Fsp3) is 0.435. The smallest absolute Gasteiger partial charge is 0.261 e. The van der Waals surface area contributed by atoms with E-state index in [4.69, 9.17) is 4.74 Å². The Hall–Kier alpha value is -2.65. The largest absolute Gasteiger partial charge is 0.383 e. The van der Waals surface area contributed by atoms with Gasteiger partial charge >= 0.3 is 0 Å². The molecule has 0 radical (unpaired) electrons. The Bertz CT molecular complexity index is 1040. The van der Waals surface area contributed by atoms with E-state index in [1.807, 2.05) is 43.9 Å². The molecule has 1 aromatic heterocycles. The first-order valence-electron chi connectivity index (χ1n) is 11.0. The molecule has 0 aliphatic carbocycles. The van der Waals surface area contributed by atoms with E-state index in [2.05, 4.69) is 5.32 Å². The minimum atomic E-state index is -0.238. The van der Waals surface area contributed by atoms with Crippen molar-refractivity contribution in [3.8, 4) is 0 Å². The standard InChI is InChI=1S/C23H28BN3O4S/c1-14-10-16(5-6-18(14)23(30)26-9-3-4-17(26)13-31-2)27-12-15(11-21(27)28)25-22(29)19-7-8-20(24)32-19/h5-8,10,15,17H,3-4,9,11-13,24H2,1-2H3,(H,25,29)/t15?,17-/m1/s1. The molecule has 2 aromatic rings. The number of hydrogen-bond acceptors (Lipinski definition) is 5. The molecule has 168 valence electrons. The minimum Gasteiger partial charge on any atom is -0.383 e. The second-order valence-electron chi connectivity index (χ2n) is 8.54. The molecule has 1 N–H and O–H groups in total. The molecule has 1 aromatic carbocycles. The van der Waals surface area contributed by atoms with Gasteiger partial charge in [-0.05, 0) is 54.4 Å². The number of methoxy groups -OCH3 is 1. The second kappa shape index (κ2) is 9.46. The summed E-state index contributed by atoms with van der Waals surface area (Å²) in [5.74, 6) is -0.162. The van der Waals surface area contributed by atoms with Gasteiger partial charge in [0.15, 0.2) is 7.85 Å². The predicted octanol–water partition coefficient (Wildman–Crippen LogP) is 1.10. The van der Waals surface area contributed by atoms with E-state index in [-0.39, 0.29) is 36.2 Å². The molecule has 4 rings (SSSR count). The molecule has 0 spiro atoms. The first kappa shape index (κ1) is 22.5. The van der Waals surface area contributed by atoms with Crippen molar-refractivity contribution in [2.24, 2.45) is 0 Å². The van der Waals surface area contributed by atoms with Crippen LogP contribution in [0.15, 0.2) is 30.3 Å². The number of thiophene rings is 1.